The van der Waals surface area contributed by atoms with Crippen LogP contribution < -0.4 is 10.1 Å². The van der Waals surface area contributed by atoms with Gasteiger partial charge in [0.15, 0.2) is 0 Å². The Morgan fingerprint density at radius 1 is 1.13 bits per heavy atom. The fourth-order valence-corrected chi connectivity index (χ4v) is 3.39. The van der Waals surface area contributed by atoms with Crippen LogP contribution in [-0.2, 0) is 9.53 Å². The molecule has 1 aromatic carbocycles. The molecule has 1 aliphatic rings. The number of rotatable bonds is 4. The summed E-state index contributed by atoms with van der Waals surface area (Å²) >= 11 is 0. The molecule has 0 aliphatic carbocycles. The summed E-state index contributed by atoms with van der Waals surface area (Å²) in [4.78, 5) is 12.1. The molecule has 0 spiro atoms. The second-order valence-corrected chi connectivity index (χ2v) is 7.47. The Labute approximate surface area is 138 Å². The number of hydrogen-bond donors (Lipinski definition) is 1. The molecule has 0 unspecified atom stereocenters. The van der Waals surface area contributed by atoms with Crippen LogP contribution in [0.25, 0.3) is 6.08 Å². The number of hydrogen-bond acceptors (Lipinski definition) is 4. The standard InChI is InChI=1S/C19H27NO3/c1-18(2)12-16(13-19(3,4)20-18)23-17(21)11-8-14-6-9-15(22-5)10-7-14/h6-11,16,20H,12-13H2,1-5H3. The first-order chi connectivity index (χ1) is 10.7. The normalized spacial score (nSPS) is 20.4. The van der Waals surface area contributed by atoms with Crippen molar-refractivity contribution in [2.45, 2.75) is 57.7 Å². The monoisotopic (exact) mass is 317 g/mol. The van der Waals surface area contributed by atoms with E-state index in [9.17, 15) is 4.79 Å². The highest BCUT2D eigenvalue weighted by Crippen LogP contribution is 2.30. The molecule has 2 rings (SSSR count). The van der Waals surface area contributed by atoms with Gasteiger partial charge in [0, 0.05) is 30.0 Å². The van der Waals surface area contributed by atoms with Gasteiger partial charge in [0.25, 0.3) is 0 Å². The molecule has 1 aliphatic heterocycles. The van der Waals surface area contributed by atoms with Crippen molar-refractivity contribution in [1.29, 1.82) is 0 Å². The molecule has 1 fully saturated rings. The van der Waals surface area contributed by atoms with Gasteiger partial charge in [0.1, 0.15) is 11.9 Å². The molecule has 0 aromatic heterocycles. The van der Waals surface area contributed by atoms with E-state index in [1.54, 1.807) is 13.2 Å². The van der Waals surface area contributed by atoms with Crippen molar-refractivity contribution in [1.82, 2.24) is 5.32 Å². The first kappa shape index (κ1) is 17.5. The second-order valence-electron chi connectivity index (χ2n) is 7.47. The summed E-state index contributed by atoms with van der Waals surface area (Å²) in [7, 11) is 1.63. The first-order valence-corrected chi connectivity index (χ1v) is 8.01. The summed E-state index contributed by atoms with van der Waals surface area (Å²) in [6.07, 6.45) is 4.83. The lowest BCUT2D eigenvalue weighted by atomic mass is 9.81. The number of nitrogens with one attached hydrogen (secondary N) is 1. The Morgan fingerprint density at radius 2 is 1.70 bits per heavy atom. The number of piperidine rings is 1. The van der Waals surface area contributed by atoms with E-state index in [2.05, 4.69) is 33.0 Å². The zero-order valence-electron chi connectivity index (χ0n) is 14.7. The van der Waals surface area contributed by atoms with Crippen molar-refractivity contribution >= 4 is 12.0 Å². The zero-order chi connectivity index (χ0) is 17.1. The number of methoxy groups -OCH3 is 1. The highest BCUT2D eigenvalue weighted by Gasteiger charge is 2.39. The molecule has 0 atom stereocenters. The predicted octanol–water partition coefficient (Wildman–Crippen LogP) is 3.56. The van der Waals surface area contributed by atoms with Crippen LogP contribution in [0.3, 0.4) is 0 Å². The third-order valence-corrected chi connectivity index (χ3v) is 3.96. The van der Waals surface area contributed by atoms with E-state index >= 15 is 0 Å². The molecule has 126 valence electrons. The smallest absolute Gasteiger partial charge is 0.331 e. The van der Waals surface area contributed by atoms with E-state index in [0.717, 1.165) is 24.2 Å². The second kappa shape index (κ2) is 6.75. The van der Waals surface area contributed by atoms with Crippen molar-refractivity contribution < 1.29 is 14.3 Å². The SMILES string of the molecule is COc1ccc(C=CC(=O)OC2CC(C)(C)NC(C)(C)C2)cc1. The predicted molar refractivity (Wildman–Crippen MR) is 92.4 cm³/mol. The molecule has 0 bridgehead atoms. The minimum absolute atomic E-state index is 0.0353. The summed E-state index contributed by atoms with van der Waals surface area (Å²) in [5.74, 6) is 0.503. The fourth-order valence-electron chi connectivity index (χ4n) is 3.39. The van der Waals surface area contributed by atoms with Gasteiger partial charge in [-0.15, -0.1) is 0 Å². The molecule has 1 N–H and O–H groups in total. The molecule has 0 amide bonds. The van der Waals surface area contributed by atoms with Crippen LogP contribution in [0.5, 0.6) is 5.75 Å². The van der Waals surface area contributed by atoms with Gasteiger partial charge in [0.2, 0.25) is 0 Å². The molecule has 1 heterocycles. The van der Waals surface area contributed by atoms with Gasteiger partial charge in [-0.2, -0.15) is 0 Å². The largest absolute Gasteiger partial charge is 0.497 e. The molecule has 0 radical (unpaired) electrons. The van der Waals surface area contributed by atoms with Crippen molar-refractivity contribution in [2.75, 3.05) is 7.11 Å². The average Bonchev–Trinajstić information content (AvgIpc) is 2.42. The number of benzene rings is 1. The average molecular weight is 317 g/mol. The van der Waals surface area contributed by atoms with Crippen LogP contribution in [0.4, 0.5) is 0 Å². The van der Waals surface area contributed by atoms with Gasteiger partial charge in [-0.3, -0.25) is 0 Å². The van der Waals surface area contributed by atoms with E-state index in [4.69, 9.17) is 9.47 Å². The number of ether oxygens (including phenoxy) is 2. The van der Waals surface area contributed by atoms with Crippen LogP contribution in [-0.4, -0.2) is 30.3 Å². The zero-order valence-corrected chi connectivity index (χ0v) is 14.7. The topological polar surface area (TPSA) is 47.6 Å². The lowest BCUT2D eigenvalue weighted by Crippen LogP contribution is -2.59. The van der Waals surface area contributed by atoms with E-state index in [-0.39, 0.29) is 23.2 Å². The Balaban J connectivity index is 1.94. The van der Waals surface area contributed by atoms with Crippen molar-refractivity contribution in [3.05, 3.63) is 35.9 Å². The van der Waals surface area contributed by atoms with E-state index in [0.29, 0.717) is 0 Å². The maximum Gasteiger partial charge on any atom is 0.331 e. The lowest BCUT2D eigenvalue weighted by molar-refractivity contribution is -0.146. The Morgan fingerprint density at radius 3 is 2.22 bits per heavy atom. The van der Waals surface area contributed by atoms with Gasteiger partial charge in [0.05, 0.1) is 7.11 Å². The van der Waals surface area contributed by atoms with E-state index in [1.807, 2.05) is 24.3 Å². The van der Waals surface area contributed by atoms with Crippen LogP contribution in [0.15, 0.2) is 30.3 Å². The minimum Gasteiger partial charge on any atom is -0.497 e. The number of esters is 1. The Kier molecular flexibility index (Phi) is 5.15. The van der Waals surface area contributed by atoms with Crippen LogP contribution in [0, 0.1) is 0 Å². The molecule has 23 heavy (non-hydrogen) atoms. The van der Waals surface area contributed by atoms with E-state index in [1.165, 1.54) is 6.08 Å². The van der Waals surface area contributed by atoms with E-state index < -0.39 is 0 Å². The maximum atomic E-state index is 12.1. The third kappa shape index (κ3) is 5.39. The maximum absolute atomic E-state index is 12.1. The molecule has 4 heteroatoms. The Hall–Kier alpha value is -1.81. The van der Waals surface area contributed by atoms with Crippen LogP contribution >= 0.6 is 0 Å². The van der Waals surface area contributed by atoms with Gasteiger partial charge in [-0.1, -0.05) is 12.1 Å². The molecular formula is C19H27NO3. The van der Waals surface area contributed by atoms with Gasteiger partial charge in [-0.25, -0.2) is 4.79 Å². The highest BCUT2D eigenvalue weighted by atomic mass is 16.5. The van der Waals surface area contributed by atoms with Crippen LogP contribution in [0.1, 0.15) is 46.1 Å². The molecule has 4 nitrogen and oxygen atoms in total. The molecule has 0 saturated carbocycles. The minimum atomic E-state index is -0.292. The highest BCUT2D eigenvalue weighted by molar-refractivity contribution is 5.87. The fraction of sp³-hybridized carbons (Fsp3) is 0.526. The molecular weight excluding hydrogens is 290 g/mol. The lowest BCUT2D eigenvalue weighted by Gasteiger charge is -2.45. The summed E-state index contributed by atoms with van der Waals surface area (Å²) in [6.45, 7) is 8.56. The molecule has 1 aromatic rings. The first-order valence-electron chi connectivity index (χ1n) is 8.01. The number of carbonyl (C=O) groups excluding carboxylic acids is 1. The van der Waals surface area contributed by atoms with Crippen molar-refractivity contribution in [3.63, 3.8) is 0 Å². The summed E-state index contributed by atoms with van der Waals surface area (Å²) in [5, 5.41) is 3.58. The summed E-state index contributed by atoms with van der Waals surface area (Å²) in [6, 6.07) is 7.53. The number of carbonyl (C=O) groups is 1. The van der Waals surface area contributed by atoms with Gasteiger partial charge < -0.3 is 14.8 Å². The van der Waals surface area contributed by atoms with Gasteiger partial charge in [-0.05, 0) is 51.5 Å². The van der Waals surface area contributed by atoms with Crippen molar-refractivity contribution in [3.8, 4) is 5.75 Å². The van der Waals surface area contributed by atoms with Crippen molar-refractivity contribution in [2.24, 2.45) is 0 Å². The Bertz CT molecular complexity index is 557. The van der Waals surface area contributed by atoms with Crippen LogP contribution in [0.2, 0.25) is 0 Å². The summed E-state index contributed by atoms with van der Waals surface area (Å²) in [5.41, 5.74) is 0.868. The third-order valence-electron chi connectivity index (χ3n) is 3.96. The quantitative estimate of drug-likeness (QED) is 0.681. The molecule has 1 saturated heterocycles. The summed E-state index contributed by atoms with van der Waals surface area (Å²) < 4.78 is 10.8. The van der Waals surface area contributed by atoms with Gasteiger partial charge >= 0.3 is 5.97 Å².